The predicted molar refractivity (Wildman–Crippen MR) is 101 cm³/mol. The third-order valence-electron chi connectivity index (χ3n) is 8.56. The van der Waals surface area contributed by atoms with E-state index in [0.717, 1.165) is 19.4 Å². The van der Waals surface area contributed by atoms with Crippen molar-refractivity contribution in [1.29, 1.82) is 0 Å². The number of ether oxygens (including phenoxy) is 4. The average molecular weight is 403 g/mol. The van der Waals surface area contributed by atoms with E-state index in [-0.39, 0.29) is 29.1 Å². The first kappa shape index (κ1) is 18.2. The second-order valence-corrected chi connectivity index (χ2v) is 9.43. The zero-order valence-electron chi connectivity index (χ0n) is 17.3. The summed E-state index contributed by atoms with van der Waals surface area (Å²) < 4.78 is 24.5. The van der Waals surface area contributed by atoms with Crippen LogP contribution in [0.15, 0.2) is 22.9 Å². The van der Waals surface area contributed by atoms with Gasteiger partial charge >= 0.3 is 5.97 Å². The normalized spacial score (nSPS) is 51.1. The largest absolute Gasteiger partial charge is 0.492 e. The van der Waals surface area contributed by atoms with Gasteiger partial charge in [-0.3, -0.25) is 4.90 Å². The third kappa shape index (κ3) is 1.85. The van der Waals surface area contributed by atoms with E-state index in [1.807, 2.05) is 0 Å². The Hall–Kier alpha value is -1.57. The Morgan fingerprint density at radius 3 is 2.93 bits per heavy atom. The quantitative estimate of drug-likeness (QED) is 0.704. The predicted octanol–water partition coefficient (Wildman–Crippen LogP) is 2.06. The lowest BCUT2D eigenvalue weighted by atomic mass is 9.69. The fourth-order valence-electron chi connectivity index (χ4n) is 7.69. The summed E-state index contributed by atoms with van der Waals surface area (Å²) in [6.45, 7) is 5.11. The summed E-state index contributed by atoms with van der Waals surface area (Å²) in [7, 11) is 1.49. The number of cyclic esters (lactones) is 1. The molecule has 5 bridgehead atoms. The number of hydrogen-bond acceptors (Lipinski definition) is 7. The third-order valence-corrected chi connectivity index (χ3v) is 8.56. The maximum atomic E-state index is 12.2. The average Bonchev–Trinajstić information content (AvgIpc) is 3.42. The summed E-state index contributed by atoms with van der Waals surface area (Å²) in [5.41, 5.74) is 0.261. The highest BCUT2D eigenvalue weighted by Crippen LogP contribution is 2.73. The smallest absolute Gasteiger partial charge is 0.345 e. The molecule has 5 fully saturated rings. The Morgan fingerprint density at radius 2 is 2.21 bits per heavy atom. The number of fused-ring (bicyclic) bond motifs is 1. The summed E-state index contributed by atoms with van der Waals surface area (Å²) in [5, 5.41) is 9.59. The number of aliphatic hydroxyl groups is 1. The fourth-order valence-corrected chi connectivity index (χ4v) is 7.69. The molecule has 6 rings (SSSR count). The molecule has 1 spiro atoms. The zero-order chi connectivity index (χ0) is 20.1. The molecule has 0 aromatic carbocycles. The van der Waals surface area contributed by atoms with Crippen molar-refractivity contribution < 1.29 is 28.8 Å². The van der Waals surface area contributed by atoms with E-state index in [1.54, 1.807) is 0 Å². The molecular formula is C22H29NO6. The number of nitrogens with zero attached hydrogens (tertiary/aromatic N) is 1. The van der Waals surface area contributed by atoms with Crippen molar-refractivity contribution >= 4 is 5.97 Å². The van der Waals surface area contributed by atoms with Crippen molar-refractivity contribution in [2.75, 3.05) is 20.3 Å². The lowest BCUT2D eigenvalue weighted by molar-refractivity contribution is -0.256. The first-order valence-corrected chi connectivity index (χ1v) is 11.0. The molecule has 0 radical (unpaired) electrons. The van der Waals surface area contributed by atoms with Gasteiger partial charge in [0.2, 0.25) is 11.5 Å². The molecule has 6 heterocycles. The number of allylic oxidation sites excluding steroid dienone is 1. The topological polar surface area (TPSA) is 77.5 Å². The molecule has 0 amide bonds. The minimum Gasteiger partial charge on any atom is -0.492 e. The van der Waals surface area contributed by atoms with Crippen molar-refractivity contribution in [2.24, 2.45) is 17.8 Å². The monoisotopic (exact) mass is 403 g/mol. The van der Waals surface area contributed by atoms with Crippen LogP contribution in [0.2, 0.25) is 0 Å². The van der Waals surface area contributed by atoms with Crippen LogP contribution in [0.5, 0.6) is 0 Å². The van der Waals surface area contributed by atoms with Gasteiger partial charge < -0.3 is 24.1 Å². The molecule has 0 saturated carbocycles. The van der Waals surface area contributed by atoms with Gasteiger partial charge in [-0.15, -0.1) is 0 Å². The van der Waals surface area contributed by atoms with Gasteiger partial charge in [0.25, 0.3) is 0 Å². The van der Waals surface area contributed by atoms with Crippen LogP contribution in [0.1, 0.15) is 46.0 Å². The van der Waals surface area contributed by atoms with Crippen molar-refractivity contribution in [3.05, 3.63) is 22.9 Å². The van der Waals surface area contributed by atoms with Crippen LogP contribution in [0, 0.1) is 17.8 Å². The number of methoxy groups -OCH3 is 1. The van der Waals surface area contributed by atoms with Crippen LogP contribution >= 0.6 is 0 Å². The molecule has 6 aliphatic rings. The summed E-state index contributed by atoms with van der Waals surface area (Å²) in [6, 6.07) is 0.446. The molecule has 6 aliphatic heterocycles. The van der Waals surface area contributed by atoms with Gasteiger partial charge in [0.15, 0.2) is 5.76 Å². The molecule has 7 heteroatoms. The highest BCUT2D eigenvalue weighted by molar-refractivity contribution is 5.94. The molecule has 7 nitrogen and oxygen atoms in total. The maximum absolute atomic E-state index is 12.2. The van der Waals surface area contributed by atoms with E-state index >= 15 is 0 Å². The lowest BCUT2D eigenvalue weighted by Gasteiger charge is -2.48. The summed E-state index contributed by atoms with van der Waals surface area (Å²) in [5.74, 6) is 0.712. The Balaban J connectivity index is 1.46. The number of rotatable bonds is 5. The van der Waals surface area contributed by atoms with Crippen LogP contribution in [0.25, 0.3) is 0 Å². The van der Waals surface area contributed by atoms with E-state index in [0.29, 0.717) is 29.2 Å². The second-order valence-electron chi connectivity index (χ2n) is 9.43. The van der Waals surface area contributed by atoms with E-state index < -0.39 is 18.4 Å². The highest BCUT2D eigenvalue weighted by Gasteiger charge is 2.84. The highest BCUT2D eigenvalue weighted by atomic mass is 16.7. The van der Waals surface area contributed by atoms with Crippen molar-refractivity contribution in [1.82, 2.24) is 4.90 Å². The zero-order valence-corrected chi connectivity index (χ0v) is 17.3. The van der Waals surface area contributed by atoms with E-state index in [4.69, 9.17) is 18.9 Å². The van der Waals surface area contributed by atoms with E-state index in [9.17, 15) is 9.90 Å². The molecule has 8 atom stereocenters. The Morgan fingerprint density at radius 1 is 1.38 bits per heavy atom. The molecule has 0 aliphatic carbocycles. The van der Waals surface area contributed by atoms with Gasteiger partial charge in [0, 0.05) is 17.9 Å². The number of piperidine rings is 1. The van der Waals surface area contributed by atoms with Crippen LogP contribution in [-0.2, 0) is 23.7 Å². The molecule has 0 aromatic rings. The Labute approximate surface area is 170 Å². The Bertz CT molecular complexity index is 850. The molecule has 1 N–H and O–H groups in total. The first-order chi connectivity index (χ1) is 14.0. The van der Waals surface area contributed by atoms with Crippen molar-refractivity contribution in [2.45, 2.75) is 69.4 Å². The number of esters is 1. The number of aliphatic hydroxyl groups excluding tert-OH is 1. The second kappa shape index (κ2) is 5.77. The summed E-state index contributed by atoms with van der Waals surface area (Å²) in [6.07, 6.45) is 5.95. The number of unbranched alkanes of at least 4 members (excludes halogenated alkanes) is 1. The number of carbonyl (C=O) groups excluding carboxylic acids is 1. The molecule has 29 heavy (non-hydrogen) atoms. The van der Waals surface area contributed by atoms with Crippen LogP contribution < -0.4 is 0 Å². The Kier molecular flexibility index (Phi) is 3.62. The molecular weight excluding hydrogens is 374 g/mol. The van der Waals surface area contributed by atoms with Gasteiger partial charge in [0.1, 0.15) is 11.3 Å². The van der Waals surface area contributed by atoms with Gasteiger partial charge in [-0.1, -0.05) is 26.7 Å². The molecule has 5 saturated heterocycles. The number of carbonyl (C=O) groups is 1. The number of hydrogen-bond donors (Lipinski definition) is 1. The van der Waals surface area contributed by atoms with Crippen molar-refractivity contribution in [3.63, 3.8) is 0 Å². The van der Waals surface area contributed by atoms with Gasteiger partial charge in [0.05, 0.1) is 31.3 Å². The van der Waals surface area contributed by atoms with Crippen molar-refractivity contribution in [3.8, 4) is 0 Å². The van der Waals surface area contributed by atoms with Gasteiger partial charge in [-0.2, -0.15) is 0 Å². The standard InChI is InChI=1S/C22H29NO6/c1-4-5-7-21-14-6-8-23(21)13-9-15(21)28-22(14)16(13)11(2)17(29-22)19-18(26-3)12(10-24)20(25)27-19/h11,13-16,24H,4-10H2,1-3H3/t11-,13-,14+,15-,16+,21-,22+/m1/s1. The molecule has 1 unspecified atom stereocenters. The SMILES string of the molecule is CCCC[C@]12[C@@H]3CCN1[C@@H]1C[C@H]2O[C@]32OC(=C3OC(=O)C(CO)=C3OC)[C@H](C)[C@@H]12. The molecule has 158 valence electrons. The molecule has 0 aromatic heterocycles. The van der Waals surface area contributed by atoms with Gasteiger partial charge in [-0.05, 0) is 25.8 Å². The first-order valence-electron chi connectivity index (χ1n) is 11.0. The summed E-state index contributed by atoms with van der Waals surface area (Å²) >= 11 is 0. The van der Waals surface area contributed by atoms with Crippen LogP contribution in [0.4, 0.5) is 0 Å². The minimum absolute atomic E-state index is 0.0531. The minimum atomic E-state index is -0.622. The maximum Gasteiger partial charge on any atom is 0.345 e. The van der Waals surface area contributed by atoms with Gasteiger partial charge in [-0.25, -0.2) is 4.79 Å². The lowest BCUT2D eigenvalue weighted by Crippen LogP contribution is -2.61. The van der Waals surface area contributed by atoms with Crippen LogP contribution in [0.3, 0.4) is 0 Å². The van der Waals surface area contributed by atoms with E-state index in [1.165, 1.54) is 26.4 Å². The fraction of sp³-hybridized carbons (Fsp3) is 0.773. The van der Waals surface area contributed by atoms with E-state index in [2.05, 4.69) is 18.7 Å². The van der Waals surface area contributed by atoms with Crippen LogP contribution in [-0.4, -0.2) is 59.7 Å². The summed E-state index contributed by atoms with van der Waals surface area (Å²) in [4.78, 5) is 15.0.